The highest BCUT2D eigenvalue weighted by atomic mass is 16.5. The Bertz CT molecular complexity index is 2110. The number of ether oxygens (including phenoxy) is 2. The van der Waals surface area contributed by atoms with Gasteiger partial charge in [0.05, 0.1) is 56.4 Å². The van der Waals surface area contributed by atoms with Crippen LogP contribution in [-0.2, 0) is 35.2 Å². The van der Waals surface area contributed by atoms with Crippen LogP contribution in [0.4, 0.5) is 0 Å². The van der Waals surface area contributed by atoms with E-state index in [1.54, 1.807) is 55.3 Å². The molecule has 2 aliphatic heterocycles. The van der Waals surface area contributed by atoms with Gasteiger partial charge >= 0.3 is 0 Å². The lowest BCUT2D eigenvalue weighted by Gasteiger charge is -2.32. The Labute approximate surface area is 426 Å². The molecule has 406 valence electrons. The number of rotatable bonds is 29. The molecule has 22 nitrogen and oxygen atoms in total. The number of β-amino-alcohol motifs (C(OH)–C–C–N with tert-alkyl or cyclic N) is 1. The number of carbonyl (C=O) groups excluding carboxylic acids is 7. The summed E-state index contributed by atoms with van der Waals surface area (Å²) in [5, 5.41) is 77.4. The number of unbranched alkanes of at least 4 members (excludes halogenated alkanes) is 5. The molecule has 13 unspecified atom stereocenters. The van der Waals surface area contributed by atoms with Gasteiger partial charge in [-0.1, -0.05) is 58.1 Å². The summed E-state index contributed by atoms with van der Waals surface area (Å²) in [6.45, 7) is 6.06. The Morgan fingerprint density at radius 3 is 2.01 bits per heavy atom. The van der Waals surface area contributed by atoms with Gasteiger partial charge in [-0.3, -0.25) is 33.7 Å². The third-order valence-corrected chi connectivity index (χ3v) is 13.2. The van der Waals surface area contributed by atoms with Crippen LogP contribution in [0.25, 0.3) is 0 Å². The van der Waals surface area contributed by atoms with E-state index in [1.165, 1.54) is 45.9 Å². The summed E-state index contributed by atoms with van der Waals surface area (Å²) in [7, 11) is 3.09. The second-order valence-electron chi connectivity index (χ2n) is 19.3. The zero-order chi connectivity index (χ0) is 53.9. The monoisotopic (exact) mass is 1030 g/mol. The minimum atomic E-state index is -1.77. The number of aliphatic hydroxyl groups is 6. The van der Waals surface area contributed by atoms with Crippen LogP contribution in [0.5, 0.6) is 11.5 Å². The summed E-state index contributed by atoms with van der Waals surface area (Å²) in [6, 6.07) is 3.94. The average Bonchev–Trinajstić information content (AvgIpc) is 3.87. The number of hydrogen-bond donors (Lipinski definition) is 11. The van der Waals surface area contributed by atoms with Gasteiger partial charge in [0.15, 0.2) is 0 Å². The van der Waals surface area contributed by atoms with Gasteiger partial charge in [-0.15, -0.1) is 0 Å². The fourth-order valence-corrected chi connectivity index (χ4v) is 8.81. The highest BCUT2D eigenvalue weighted by Crippen LogP contribution is 2.26. The van der Waals surface area contributed by atoms with Crippen LogP contribution in [0.1, 0.15) is 95.0 Å². The number of benzene rings is 2. The van der Waals surface area contributed by atoms with Crippen molar-refractivity contribution in [2.45, 2.75) is 158 Å². The molecular weight excluding hydrogens is 951 g/mol. The molecule has 4 rings (SSSR count). The van der Waals surface area contributed by atoms with Crippen molar-refractivity contribution in [3.8, 4) is 11.5 Å². The van der Waals surface area contributed by atoms with Gasteiger partial charge in [0.25, 0.3) is 5.91 Å². The smallest absolute Gasteiger partial charge is 0.251 e. The van der Waals surface area contributed by atoms with E-state index >= 15 is 0 Å². The van der Waals surface area contributed by atoms with Crippen molar-refractivity contribution in [3.05, 3.63) is 59.7 Å². The number of aldehydes is 1. The van der Waals surface area contributed by atoms with Gasteiger partial charge in [0.1, 0.15) is 48.0 Å². The Morgan fingerprint density at radius 1 is 0.781 bits per heavy atom. The van der Waals surface area contributed by atoms with Crippen LogP contribution in [0.15, 0.2) is 48.5 Å². The number of likely N-dealkylation sites (N-methyl/N-ethyl adjacent to an activating group) is 1. The molecule has 0 aliphatic carbocycles. The van der Waals surface area contributed by atoms with Crippen molar-refractivity contribution >= 4 is 41.7 Å². The molecule has 0 saturated carbocycles. The van der Waals surface area contributed by atoms with Crippen LogP contribution in [0.2, 0.25) is 0 Å². The van der Waals surface area contributed by atoms with E-state index in [1.807, 2.05) is 0 Å². The van der Waals surface area contributed by atoms with E-state index in [0.717, 1.165) is 30.6 Å². The topological polar surface area (TPSA) is 326 Å². The second-order valence-corrected chi connectivity index (χ2v) is 19.3. The minimum Gasteiger partial charge on any atom is -0.497 e. The maximum atomic E-state index is 14.3. The zero-order valence-corrected chi connectivity index (χ0v) is 42.6. The molecule has 2 fully saturated rings. The molecule has 6 amide bonds. The Balaban J connectivity index is 1.46. The molecule has 0 spiro atoms. The summed E-state index contributed by atoms with van der Waals surface area (Å²) in [5.74, 6) is -5.00. The summed E-state index contributed by atoms with van der Waals surface area (Å²) >= 11 is 0. The van der Waals surface area contributed by atoms with E-state index in [4.69, 9.17) is 9.47 Å². The van der Waals surface area contributed by atoms with E-state index in [2.05, 4.69) is 33.5 Å². The lowest BCUT2D eigenvalue weighted by atomic mass is 9.99. The van der Waals surface area contributed by atoms with Gasteiger partial charge in [-0.2, -0.15) is 0 Å². The first kappa shape index (κ1) is 59.8. The quantitative estimate of drug-likeness (QED) is 0.0333. The lowest BCUT2D eigenvalue weighted by Crippen LogP contribution is -2.63. The maximum Gasteiger partial charge on any atom is 0.251 e. The van der Waals surface area contributed by atoms with Crippen molar-refractivity contribution in [3.63, 3.8) is 0 Å². The summed E-state index contributed by atoms with van der Waals surface area (Å²) in [4.78, 5) is 97.0. The van der Waals surface area contributed by atoms with Crippen LogP contribution < -0.4 is 36.1 Å². The molecule has 73 heavy (non-hydrogen) atoms. The van der Waals surface area contributed by atoms with Crippen molar-refractivity contribution < 1.29 is 73.7 Å². The fraction of sp³-hybridized carbons (Fsp3) is 0.627. The number of nitrogens with one attached hydrogen (secondary N) is 5. The standard InChI is InChI=1S/C51H77N7O15/c1-7-8-9-10-11-12-21-73-37-19-15-33(16-20-37)46(66)53-38(47(67)54-39(28-59)30(3)60)23-34(62)25-52-50(70)44-45(65)29(2)26-58(44)51(71)42(31(4)61)55-49(69)43(56-48(68)40-24-35(63)27-57(40)5)41(64)22-32-13-17-36(72-6)18-14-32/h13-20,28-31,34-35,38-45,60-65H,7-12,21-27H2,1-6H3,(H,52,70)(H,53,66)(H,54,67)(H,55,69)(H,56,68). The van der Waals surface area contributed by atoms with Crippen LogP contribution in [0.3, 0.4) is 0 Å². The molecule has 11 N–H and O–H groups in total. The van der Waals surface area contributed by atoms with Crippen LogP contribution in [-0.4, -0.2) is 195 Å². The summed E-state index contributed by atoms with van der Waals surface area (Å²) in [6.07, 6.45) is -2.13. The van der Waals surface area contributed by atoms with Gasteiger partial charge in [0, 0.05) is 44.0 Å². The summed E-state index contributed by atoms with van der Waals surface area (Å²) < 4.78 is 11.0. The van der Waals surface area contributed by atoms with Crippen molar-refractivity contribution in [2.24, 2.45) is 5.92 Å². The largest absolute Gasteiger partial charge is 0.497 e. The van der Waals surface area contributed by atoms with Crippen molar-refractivity contribution in [2.75, 3.05) is 40.4 Å². The number of carbonyl (C=O) groups is 7. The number of hydrogen-bond acceptors (Lipinski definition) is 16. The first-order valence-corrected chi connectivity index (χ1v) is 25.1. The van der Waals surface area contributed by atoms with Crippen molar-refractivity contribution in [1.29, 1.82) is 0 Å². The number of amides is 6. The van der Waals surface area contributed by atoms with Gasteiger partial charge in [0.2, 0.25) is 29.5 Å². The normalized spacial score (nSPS) is 22.1. The molecule has 0 bridgehead atoms. The van der Waals surface area contributed by atoms with E-state index < -0.39 is 127 Å². The molecule has 22 heteroatoms. The highest BCUT2D eigenvalue weighted by Gasteiger charge is 2.48. The fourth-order valence-electron chi connectivity index (χ4n) is 8.81. The molecule has 2 saturated heterocycles. The molecule has 2 aromatic carbocycles. The Morgan fingerprint density at radius 2 is 1.42 bits per heavy atom. The van der Waals surface area contributed by atoms with Gasteiger partial charge < -0.3 is 76.4 Å². The highest BCUT2D eigenvalue weighted by molar-refractivity contribution is 5.98. The predicted molar refractivity (Wildman–Crippen MR) is 266 cm³/mol. The first-order chi connectivity index (χ1) is 34.7. The van der Waals surface area contributed by atoms with Gasteiger partial charge in [-0.25, -0.2) is 0 Å². The van der Waals surface area contributed by atoms with E-state index in [9.17, 15) is 64.2 Å². The average molecular weight is 1030 g/mol. The summed E-state index contributed by atoms with van der Waals surface area (Å²) in [5.41, 5.74) is 0.700. The molecule has 2 heterocycles. The molecule has 0 radical (unpaired) electrons. The lowest BCUT2D eigenvalue weighted by molar-refractivity contribution is -0.146. The number of aliphatic hydroxyl groups excluding tert-OH is 6. The maximum absolute atomic E-state index is 14.3. The van der Waals surface area contributed by atoms with E-state index in [0.29, 0.717) is 30.0 Å². The Kier molecular flexibility index (Phi) is 23.9. The number of methoxy groups -OCH3 is 1. The molecular formula is C51H77N7O15. The molecule has 0 aromatic heterocycles. The third kappa shape index (κ3) is 17.7. The second kappa shape index (κ2) is 29.2. The minimum absolute atomic E-state index is 0.0547. The Hall–Kier alpha value is -5.75. The SMILES string of the molecule is CCCCCCCCOc1ccc(C(=O)NC(CC(O)CNC(=O)C2C(O)C(C)CN2C(=O)C(NC(=O)C(NC(=O)C2CC(O)CN2C)C(O)Cc2ccc(OC)cc2)C(C)O)C(=O)NC(C=O)C(C)O)cc1. The molecule has 2 aromatic rings. The van der Waals surface area contributed by atoms with Gasteiger partial charge in [-0.05, 0) is 75.7 Å². The third-order valence-electron chi connectivity index (χ3n) is 13.2. The van der Waals surface area contributed by atoms with Crippen molar-refractivity contribution in [1.82, 2.24) is 36.4 Å². The van der Waals surface area contributed by atoms with Crippen LogP contribution in [0, 0.1) is 5.92 Å². The first-order valence-electron chi connectivity index (χ1n) is 25.1. The molecule has 2 aliphatic rings. The van der Waals surface area contributed by atoms with Crippen LogP contribution >= 0.6 is 0 Å². The number of likely N-dealkylation sites (tertiary alicyclic amines) is 2. The molecule has 13 atom stereocenters. The van der Waals surface area contributed by atoms with E-state index in [-0.39, 0.29) is 31.5 Å². The predicted octanol–water partition coefficient (Wildman–Crippen LogP) is -1.31. The zero-order valence-electron chi connectivity index (χ0n) is 42.6. The number of nitrogens with zero attached hydrogens (tertiary/aromatic N) is 2.